The first kappa shape index (κ1) is 10.8. The lowest BCUT2D eigenvalue weighted by molar-refractivity contribution is -0.129. The molecule has 4 atom stereocenters. The predicted molar refractivity (Wildman–Crippen MR) is 62.7 cm³/mol. The van der Waals surface area contributed by atoms with Gasteiger partial charge in [0, 0.05) is 19.5 Å². The summed E-state index contributed by atoms with van der Waals surface area (Å²) in [4.78, 5) is 24.7. The van der Waals surface area contributed by atoms with Gasteiger partial charge < -0.3 is 10.6 Å². The molecule has 0 aromatic heterocycles. The number of hydrogen-bond donors (Lipinski definition) is 1. The summed E-state index contributed by atoms with van der Waals surface area (Å²) in [6, 6.07) is 0. The maximum Gasteiger partial charge on any atom is 0.223 e. The Balaban J connectivity index is 1.61. The lowest BCUT2D eigenvalue weighted by Gasteiger charge is -2.25. The van der Waals surface area contributed by atoms with Crippen LogP contribution in [0.15, 0.2) is 12.2 Å². The molecule has 0 spiro atoms. The Bertz CT molecular complexity index is 391. The molecule has 1 saturated heterocycles. The van der Waals surface area contributed by atoms with Crippen molar-refractivity contribution in [1.82, 2.24) is 4.90 Å². The standard InChI is InChI=1S/C13H18N2O2/c14-13(17)11-5-12(16)15(7-11)6-10-4-8-1-2-9(10)3-8/h1-2,8-11H,3-7H2,(H2,14,17). The van der Waals surface area contributed by atoms with Gasteiger partial charge >= 0.3 is 0 Å². The lowest BCUT2D eigenvalue weighted by Crippen LogP contribution is -2.33. The molecule has 2 bridgehead atoms. The summed E-state index contributed by atoms with van der Waals surface area (Å²) in [5.41, 5.74) is 5.26. The van der Waals surface area contributed by atoms with Gasteiger partial charge in [0.15, 0.2) is 0 Å². The zero-order chi connectivity index (χ0) is 12.0. The van der Waals surface area contributed by atoms with Crippen LogP contribution in [0.2, 0.25) is 0 Å². The van der Waals surface area contributed by atoms with Gasteiger partial charge in [0.2, 0.25) is 11.8 Å². The molecule has 2 fully saturated rings. The molecule has 1 saturated carbocycles. The molecule has 2 amide bonds. The van der Waals surface area contributed by atoms with E-state index >= 15 is 0 Å². The number of nitrogens with zero attached hydrogens (tertiary/aromatic N) is 1. The Kier molecular flexibility index (Phi) is 2.45. The molecule has 3 rings (SSSR count). The van der Waals surface area contributed by atoms with Gasteiger partial charge in [-0.25, -0.2) is 0 Å². The number of fused-ring (bicyclic) bond motifs is 2. The van der Waals surface area contributed by atoms with Crippen molar-refractivity contribution in [3.05, 3.63) is 12.2 Å². The Morgan fingerprint density at radius 1 is 1.41 bits per heavy atom. The van der Waals surface area contributed by atoms with Crippen molar-refractivity contribution in [2.24, 2.45) is 29.4 Å². The second kappa shape index (κ2) is 3.86. The molecule has 1 aliphatic heterocycles. The van der Waals surface area contributed by atoms with E-state index in [0.717, 1.165) is 12.5 Å². The van der Waals surface area contributed by atoms with E-state index in [-0.39, 0.29) is 17.7 Å². The number of carbonyl (C=O) groups is 2. The van der Waals surface area contributed by atoms with Crippen molar-refractivity contribution >= 4 is 11.8 Å². The minimum atomic E-state index is -0.339. The second-order valence-electron chi connectivity index (χ2n) is 5.64. The van der Waals surface area contributed by atoms with Crippen LogP contribution in [0.3, 0.4) is 0 Å². The highest BCUT2D eigenvalue weighted by atomic mass is 16.2. The third-order valence-corrected chi connectivity index (χ3v) is 4.49. The molecule has 0 radical (unpaired) electrons. The number of rotatable bonds is 3. The Morgan fingerprint density at radius 2 is 2.24 bits per heavy atom. The molecule has 4 unspecified atom stereocenters. The van der Waals surface area contributed by atoms with Gasteiger partial charge in [0.1, 0.15) is 0 Å². The molecule has 4 heteroatoms. The average Bonchev–Trinajstić information content (AvgIpc) is 2.95. The normalized spacial score (nSPS) is 39.3. The van der Waals surface area contributed by atoms with Gasteiger partial charge in [-0.05, 0) is 30.6 Å². The lowest BCUT2D eigenvalue weighted by atomic mass is 9.93. The minimum absolute atomic E-state index is 0.0977. The first-order valence-corrected chi connectivity index (χ1v) is 6.39. The van der Waals surface area contributed by atoms with Crippen LogP contribution >= 0.6 is 0 Å². The summed E-state index contributed by atoms with van der Waals surface area (Å²) in [5, 5.41) is 0. The van der Waals surface area contributed by atoms with E-state index in [2.05, 4.69) is 12.2 Å². The zero-order valence-corrected chi connectivity index (χ0v) is 9.84. The number of hydrogen-bond acceptors (Lipinski definition) is 2. The van der Waals surface area contributed by atoms with Crippen molar-refractivity contribution in [2.75, 3.05) is 13.1 Å². The van der Waals surface area contributed by atoms with Gasteiger partial charge in [0.25, 0.3) is 0 Å². The molecule has 1 heterocycles. The van der Waals surface area contributed by atoms with Crippen molar-refractivity contribution in [2.45, 2.75) is 19.3 Å². The number of likely N-dealkylation sites (tertiary alicyclic amines) is 1. The quantitative estimate of drug-likeness (QED) is 0.724. The van der Waals surface area contributed by atoms with Crippen LogP contribution in [-0.2, 0) is 9.59 Å². The highest BCUT2D eigenvalue weighted by molar-refractivity contribution is 5.88. The fourth-order valence-electron chi connectivity index (χ4n) is 3.53. The van der Waals surface area contributed by atoms with E-state index < -0.39 is 0 Å². The predicted octanol–water partition coefficient (Wildman–Crippen LogP) is 0.532. The summed E-state index contributed by atoms with van der Waals surface area (Å²) >= 11 is 0. The Hall–Kier alpha value is -1.32. The molecule has 2 aliphatic carbocycles. The van der Waals surface area contributed by atoms with Crippen molar-refractivity contribution in [3.8, 4) is 0 Å². The van der Waals surface area contributed by atoms with Crippen molar-refractivity contribution < 1.29 is 9.59 Å². The number of carbonyl (C=O) groups excluding carboxylic acids is 2. The van der Waals surface area contributed by atoms with E-state index in [4.69, 9.17) is 5.73 Å². The zero-order valence-electron chi connectivity index (χ0n) is 9.84. The molecule has 3 aliphatic rings. The number of primary amides is 1. The SMILES string of the molecule is NC(=O)C1CC(=O)N(CC2CC3C=CC2C3)C1. The van der Waals surface area contributed by atoms with Gasteiger partial charge in [-0.15, -0.1) is 0 Å². The summed E-state index contributed by atoms with van der Waals surface area (Å²) in [6.45, 7) is 1.35. The molecule has 4 nitrogen and oxygen atoms in total. The molecule has 0 aromatic carbocycles. The fraction of sp³-hybridized carbons (Fsp3) is 0.692. The van der Waals surface area contributed by atoms with Crippen LogP contribution in [0.25, 0.3) is 0 Å². The first-order chi connectivity index (χ1) is 8.13. The van der Waals surface area contributed by atoms with Gasteiger partial charge in [0.05, 0.1) is 5.92 Å². The summed E-state index contributed by atoms with van der Waals surface area (Å²) in [5.74, 6) is 1.47. The fourth-order valence-corrected chi connectivity index (χ4v) is 3.53. The molecule has 17 heavy (non-hydrogen) atoms. The van der Waals surface area contributed by atoms with Crippen LogP contribution in [0, 0.1) is 23.7 Å². The largest absolute Gasteiger partial charge is 0.369 e. The van der Waals surface area contributed by atoms with E-state index in [9.17, 15) is 9.59 Å². The number of allylic oxidation sites excluding steroid dienone is 2. The van der Waals surface area contributed by atoms with E-state index in [0.29, 0.717) is 24.8 Å². The topological polar surface area (TPSA) is 63.4 Å². The van der Waals surface area contributed by atoms with Crippen molar-refractivity contribution in [3.63, 3.8) is 0 Å². The first-order valence-electron chi connectivity index (χ1n) is 6.39. The van der Waals surface area contributed by atoms with Gasteiger partial charge in [-0.3, -0.25) is 9.59 Å². The molecular weight excluding hydrogens is 216 g/mol. The highest BCUT2D eigenvalue weighted by Gasteiger charge is 2.40. The monoisotopic (exact) mass is 234 g/mol. The Morgan fingerprint density at radius 3 is 2.76 bits per heavy atom. The van der Waals surface area contributed by atoms with Gasteiger partial charge in [-0.1, -0.05) is 12.2 Å². The minimum Gasteiger partial charge on any atom is -0.369 e. The Labute approximate surface area is 101 Å². The van der Waals surface area contributed by atoms with Crippen LogP contribution in [-0.4, -0.2) is 29.8 Å². The molecule has 92 valence electrons. The van der Waals surface area contributed by atoms with Crippen LogP contribution in [0.1, 0.15) is 19.3 Å². The van der Waals surface area contributed by atoms with Crippen molar-refractivity contribution in [1.29, 1.82) is 0 Å². The second-order valence-corrected chi connectivity index (χ2v) is 5.64. The van der Waals surface area contributed by atoms with Crippen LogP contribution in [0.5, 0.6) is 0 Å². The summed E-state index contributed by atoms with van der Waals surface area (Å²) < 4.78 is 0. The van der Waals surface area contributed by atoms with E-state index in [1.54, 1.807) is 0 Å². The summed E-state index contributed by atoms with van der Waals surface area (Å²) in [7, 11) is 0. The number of amides is 2. The smallest absolute Gasteiger partial charge is 0.223 e. The molecular formula is C13H18N2O2. The van der Waals surface area contributed by atoms with Crippen LogP contribution < -0.4 is 5.73 Å². The van der Waals surface area contributed by atoms with E-state index in [1.165, 1.54) is 12.8 Å². The van der Waals surface area contributed by atoms with Crippen LogP contribution in [0.4, 0.5) is 0 Å². The highest BCUT2D eigenvalue weighted by Crippen LogP contribution is 2.44. The molecule has 2 N–H and O–H groups in total. The maximum absolute atomic E-state index is 11.8. The van der Waals surface area contributed by atoms with E-state index in [1.807, 2.05) is 4.90 Å². The number of nitrogens with two attached hydrogens (primary N) is 1. The molecule has 0 aromatic rings. The average molecular weight is 234 g/mol. The third-order valence-electron chi connectivity index (χ3n) is 4.49. The van der Waals surface area contributed by atoms with Gasteiger partial charge in [-0.2, -0.15) is 0 Å². The maximum atomic E-state index is 11.8. The third kappa shape index (κ3) is 1.85. The summed E-state index contributed by atoms with van der Waals surface area (Å²) in [6.07, 6.45) is 7.37.